The van der Waals surface area contributed by atoms with Gasteiger partial charge in [-0.2, -0.15) is 0 Å². The first kappa shape index (κ1) is 66.1. The number of rotatable bonds is 48. The van der Waals surface area contributed by atoms with Crippen LogP contribution in [0.25, 0.3) is 0 Å². The Morgan fingerprint density at radius 3 is 1.20 bits per heavy atom. The van der Waals surface area contributed by atoms with Crippen LogP contribution in [0, 0.1) is 0 Å². The maximum absolute atomic E-state index is 13.2. The zero-order valence-corrected chi connectivity index (χ0v) is 45.2. The lowest BCUT2D eigenvalue weighted by Gasteiger charge is -2.46. The van der Waals surface area contributed by atoms with E-state index < -0.39 is 86.8 Å². The molecule has 71 heavy (non-hydrogen) atoms. The number of amides is 1. The summed E-state index contributed by atoms with van der Waals surface area (Å²) in [5, 5.41) is 87.1. The van der Waals surface area contributed by atoms with Crippen LogP contribution < -0.4 is 5.32 Å². The second kappa shape index (κ2) is 44.2. The standard InChI is InChI=1S/C57H111NO13/c1-3-5-7-9-11-13-15-17-18-19-20-21-22-23-24-25-26-27-28-29-31-33-35-37-39-41-49(62)58-45(46(61)40-38-36-34-32-30-16-14-12-10-8-6-4-2)44-68-56-54(67)52(65)55(48(43-60)70-56)71-57-53(66)51(64)50(63)47(42-59)69-57/h45-48,50-57,59-61,63-67H,3-44H2,1-2H3,(H,58,62). The van der Waals surface area contributed by atoms with Crippen LogP contribution in [-0.4, -0.2) is 140 Å². The van der Waals surface area contributed by atoms with Crippen LogP contribution in [0.15, 0.2) is 0 Å². The van der Waals surface area contributed by atoms with Crippen LogP contribution in [0.2, 0.25) is 0 Å². The maximum atomic E-state index is 13.2. The van der Waals surface area contributed by atoms with Gasteiger partial charge in [0.25, 0.3) is 0 Å². The molecule has 2 heterocycles. The molecule has 14 nitrogen and oxygen atoms in total. The van der Waals surface area contributed by atoms with Crippen LogP contribution in [0.5, 0.6) is 0 Å². The second-order valence-electron chi connectivity index (χ2n) is 21.5. The minimum absolute atomic E-state index is 0.201. The van der Waals surface area contributed by atoms with Crippen molar-refractivity contribution in [2.24, 2.45) is 0 Å². The topological polar surface area (TPSA) is 228 Å². The predicted molar refractivity (Wildman–Crippen MR) is 282 cm³/mol. The maximum Gasteiger partial charge on any atom is 0.220 e. The highest BCUT2D eigenvalue weighted by molar-refractivity contribution is 5.76. The molecule has 2 aliphatic rings. The number of ether oxygens (including phenoxy) is 4. The summed E-state index contributed by atoms with van der Waals surface area (Å²) in [7, 11) is 0. The molecule has 0 aliphatic carbocycles. The lowest BCUT2D eigenvalue weighted by atomic mass is 9.97. The van der Waals surface area contributed by atoms with Gasteiger partial charge in [-0.3, -0.25) is 4.79 Å². The monoisotopic (exact) mass is 1020 g/mol. The molecule has 0 saturated carbocycles. The van der Waals surface area contributed by atoms with Gasteiger partial charge in [-0.25, -0.2) is 0 Å². The fraction of sp³-hybridized carbons (Fsp3) is 0.982. The van der Waals surface area contributed by atoms with Crippen LogP contribution >= 0.6 is 0 Å². The molecule has 0 bridgehead atoms. The Hall–Kier alpha value is -1.01. The van der Waals surface area contributed by atoms with E-state index in [0.29, 0.717) is 12.8 Å². The number of hydrogen-bond acceptors (Lipinski definition) is 13. The first-order valence-corrected chi connectivity index (χ1v) is 29.8. The molecule has 12 atom stereocenters. The molecular formula is C57H111NO13. The lowest BCUT2D eigenvalue weighted by Crippen LogP contribution is -2.65. The third kappa shape index (κ3) is 30.4. The van der Waals surface area contributed by atoms with E-state index in [-0.39, 0.29) is 12.5 Å². The van der Waals surface area contributed by atoms with Gasteiger partial charge in [0.2, 0.25) is 5.91 Å². The normalized spacial score (nSPS) is 25.7. The average Bonchev–Trinajstić information content (AvgIpc) is 3.37. The third-order valence-electron chi connectivity index (χ3n) is 15.1. The fourth-order valence-electron chi connectivity index (χ4n) is 10.2. The highest BCUT2D eigenvalue weighted by Gasteiger charge is 2.51. The van der Waals surface area contributed by atoms with Gasteiger partial charge in [0.1, 0.15) is 48.8 Å². The summed E-state index contributed by atoms with van der Waals surface area (Å²) in [5.74, 6) is -0.201. The molecule has 2 fully saturated rings. The van der Waals surface area contributed by atoms with E-state index >= 15 is 0 Å². The predicted octanol–water partition coefficient (Wildman–Crippen LogP) is 9.73. The zero-order valence-electron chi connectivity index (χ0n) is 45.2. The summed E-state index contributed by atoms with van der Waals surface area (Å²) >= 11 is 0. The smallest absolute Gasteiger partial charge is 0.220 e. The van der Waals surface area contributed by atoms with E-state index in [0.717, 1.165) is 51.4 Å². The highest BCUT2D eigenvalue weighted by atomic mass is 16.7. The Kier molecular flexibility index (Phi) is 41.1. The zero-order chi connectivity index (χ0) is 51.7. The summed E-state index contributed by atoms with van der Waals surface area (Å²) in [5.41, 5.74) is 0. The molecule has 2 rings (SSSR count). The van der Waals surface area contributed by atoms with Crippen molar-refractivity contribution in [2.75, 3.05) is 19.8 Å². The molecule has 1 amide bonds. The third-order valence-corrected chi connectivity index (χ3v) is 15.1. The Morgan fingerprint density at radius 1 is 0.451 bits per heavy atom. The van der Waals surface area contributed by atoms with Crippen molar-refractivity contribution in [1.82, 2.24) is 5.32 Å². The van der Waals surface area contributed by atoms with Crippen molar-refractivity contribution < 1.29 is 64.6 Å². The van der Waals surface area contributed by atoms with Gasteiger partial charge in [-0.05, 0) is 12.8 Å². The lowest BCUT2D eigenvalue weighted by molar-refractivity contribution is -0.359. The first-order chi connectivity index (χ1) is 34.6. The first-order valence-electron chi connectivity index (χ1n) is 29.8. The summed E-state index contributed by atoms with van der Waals surface area (Å²) in [6.07, 6.45) is 31.2. The molecular weight excluding hydrogens is 907 g/mol. The molecule has 12 unspecified atom stereocenters. The van der Waals surface area contributed by atoms with E-state index in [2.05, 4.69) is 19.2 Å². The molecule has 0 aromatic heterocycles. The molecule has 422 valence electrons. The highest BCUT2D eigenvalue weighted by Crippen LogP contribution is 2.30. The Bertz CT molecular complexity index is 1200. The molecule has 2 aliphatic heterocycles. The van der Waals surface area contributed by atoms with Crippen molar-refractivity contribution in [3.8, 4) is 0 Å². The van der Waals surface area contributed by atoms with Crippen molar-refractivity contribution >= 4 is 5.91 Å². The van der Waals surface area contributed by atoms with E-state index in [1.165, 1.54) is 186 Å². The Balaban J connectivity index is 1.69. The summed E-state index contributed by atoms with van der Waals surface area (Å²) in [6.45, 7) is 2.88. The Labute approximate surface area is 432 Å². The number of aliphatic hydroxyl groups is 8. The van der Waals surface area contributed by atoms with E-state index in [4.69, 9.17) is 18.9 Å². The number of nitrogens with one attached hydrogen (secondary N) is 1. The van der Waals surface area contributed by atoms with Gasteiger partial charge < -0.3 is 65.1 Å². The number of carbonyl (C=O) groups excluding carboxylic acids is 1. The number of unbranched alkanes of at least 4 members (excludes halogenated alkanes) is 35. The number of hydrogen-bond donors (Lipinski definition) is 9. The Morgan fingerprint density at radius 2 is 0.803 bits per heavy atom. The molecule has 0 aromatic carbocycles. The van der Waals surface area contributed by atoms with Crippen molar-refractivity contribution in [1.29, 1.82) is 0 Å². The molecule has 9 N–H and O–H groups in total. The molecule has 0 spiro atoms. The minimum Gasteiger partial charge on any atom is -0.394 e. The average molecular weight is 1020 g/mol. The second-order valence-corrected chi connectivity index (χ2v) is 21.5. The van der Waals surface area contributed by atoms with Gasteiger partial charge in [0, 0.05) is 6.42 Å². The van der Waals surface area contributed by atoms with Gasteiger partial charge in [-0.1, -0.05) is 245 Å². The van der Waals surface area contributed by atoms with Gasteiger partial charge in [-0.15, -0.1) is 0 Å². The van der Waals surface area contributed by atoms with Gasteiger partial charge in [0.05, 0.1) is 32.0 Å². The van der Waals surface area contributed by atoms with Crippen molar-refractivity contribution in [2.45, 2.75) is 338 Å². The summed E-state index contributed by atoms with van der Waals surface area (Å²) in [4.78, 5) is 13.2. The summed E-state index contributed by atoms with van der Waals surface area (Å²) in [6, 6.07) is -0.821. The van der Waals surface area contributed by atoms with Gasteiger partial charge in [0.15, 0.2) is 12.6 Å². The van der Waals surface area contributed by atoms with E-state index in [1.807, 2.05) is 0 Å². The number of carbonyl (C=O) groups is 1. The molecule has 14 heteroatoms. The largest absolute Gasteiger partial charge is 0.394 e. The van der Waals surface area contributed by atoms with Crippen LogP contribution in [0.3, 0.4) is 0 Å². The molecule has 0 radical (unpaired) electrons. The van der Waals surface area contributed by atoms with Crippen molar-refractivity contribution in [3.63, 3.8) is 0 Å². The molecule has 0 aromatic rings. The summed E-state index contributed by atoms with van der Waals surface area (Å²) < 4.78 is 22.8. The minimum atomic E-state index is -1.78. The van der Waals surface area contributed by atoms with E-state index in [1.54, 1.807) is 0 Å². The molecule has 2 saturated heterocycles. The SMILES string of the molecule is CCCCCCCCCCCCCCCCCCCCCCCCCCCC(=O)NC(COC1OC(CO)C(OC2OC(CO)C(O)C(O)C2O)C(O)C1O)C(O)CCCCCCCCCCCCCC. The quantitative estimate of drug-likeness (QED) is 0.0259. The van der Waals surface area contributed by atoms with Crippen LogP contribution in [0.4, 0.5) is 0 Å². The van der Waals surface area contributed by atoms with Crippen LogP contribution in [-0.2, 0) is 23.7 Å². The number of aliphatic hydroxyl groups excluding tert-OH is 8. The van der Waals surface area contributed by atoms with E-state index in [9.17, 15) is 45.6 Å². The fourth-order valence-corrected chi connectivity index (χ4v) is 10.2. The van der Waals surface area contributed by atoms with Crippen molar-refractivity contribution in [3.05, 3.63) is 0 Å². The van der Waals surface area contributed by atoms with Gasteiger partial charge >= 0.3 is 0 Å². The van der Waals surface area contributed by atoms with Crippen LogP contribution in [0.1, 0.15) is 264 Å².